The third-order valence-corrected chi connectivity index (χ3v) is 6.73. The second-order valence-corrected chi connectivity index (χ2v) is 9.40. The van der Waals surface area contributed by atoms with Crippen molar-refractivity contribution in [1.29, 1.82) is 0 Å². The first-order chi connectivity index (χ1) is 18.5. The molecule has 0 saturated carbocycles. The van der Waals surface area contributed by atoms with Gasteiger partial charge in [0.15, 0.2) is 17.2 Å². The van der Waals surface area contributed by atoms with Gasteiger partial charge in [-0.1, -0.05) is 42.5 Å². The van der Waals surface area contributed by atoms with Crippen molar-refractivity contribution in [3.8, 4) is 11.3 Å². The Labute approximate surface area is 217 Å². The lowest BCUT2D eigenvalue weighted by atomic mass is 10.0. The van der Waals surface area contributed by atoms with Crippen molar-refractivity contribution >= 4 is 45.6 Å². The number of rotatable bonds is 6. The molecule has 2 aromatic carbocycles. The molecule has 0 spiro atoms. The van der Waals surface area contributed by atoms with E-state index < -0.39 is 12.0 Å². The molecule has 10 nitrogen and oxygen atoms in total. The zero-order valence-corrected chi connectivity index (χ0v) is 20.5. The van der Waals surface area contributed by atoms with Crippen LogP contribution in [0.25, 0.3) is 33.3 Å². The molecule has 1 aliphatic rings. The van der Waals surface area contributed by atoms with E-state index in [2.05, 4.69) is 25.5 Å². The Morgan fingerprint density at radius 1 is 1.03 bits per heavy atom. The first-order valence-corrected chi connectivity index (χ1v) is 12.3. The van der Waals surface area contributed by atoms with Crippen LogP contribution in [-0.4, -0.2) is 49.7 Å². The van der Waals surface area contributed by atoms with Crippen molar-refractivity contribution in [1.82, 2.24) is 20.2 Å². The largest absolute Gasteiger partial charge is 0.480 e. The molecule has 1 saturated heterocycles. The lowest BCUT2D eigenvalue weighted by molar-refractivity contribution is -0.138. The first-order valence-electron chi connectivity index (χ1n) is 12.3. The van der Waals surface area contributed by atoms with Crippen molar-refractivity contribution in [2.45, 2.75) is 25.8 Å². The Balaban J connectivity index is 1.21. The van der Waals surface area contributed by atoms with E-state index in [1.54, 1.807) is 24.0 Å². The van der Waals surface area contributed by atoms with Crippen LogP contribution in [0.4, 0.5) is 11.6 Å². The number of fused-ring (bicyclic) bond motifs is 3. The number of carbonyl (C=O) groups is 2. The number of aliphatic carboxylic acids is 1. The minimum absolute atomic E-state index is 0.135. The Hall–Kier alpha value is -4.86. The Morgan fingerprint density at radius 3 is 2.58 bits per heavy atom. The number of para-hydroxylation sites is 1. The molecule has 5 aromatic rings. The molecule has 2 atom stereocenters. The topological polar surface area (TPSA) is 134 Å². The SMILES string of the molecule is Cc1nc(N2C[C@@H](CC(=O)Nc3ccc(-c4ccccc4)nn3)C[C@H]2C(=O)O)c2oc3ccccc3c2n1. The molecule has 1 aliphatic heterocycles. The summed E-state index contributed by atoms with van der Waals surface area (Å²) in [5, 5.41) is 21.9. The van der Waals surface area contributed by atoms with E-state index in [1.807, 2.05) is 54.6 Å². The molecule has 0 aliphatic carbocycles. The summed E-state index contributed by atoms with van der Waals surface area (Å²) in [6.07, 6.45) is 0.432. The summed E-state index contributed by atoms with van der Waals surface area (Å²) in [5.41, 5.74) is 3.39. The van der Waals surface area contributed by atoms with Crippen LogP contribution in [0.5, 0.6) is 0 Å². The zero-order valence-electron chi connectivity index (χ0n) is 20.5. The van der Waals surface area contributed by atoms with E-state index in [1.165, 1.54) is 0 Å². The average Bonchev–Trinajstić information content (AvgIpc) is 3.51. The van der Waals surface area contributed by atoms with Gasteiger partial charge in [-0.05, 0) is 43.5 Å². The van der Waals surface area contributed by atoms with Crippen LogP contribution in [0.2, 0.25) is 0 Å². The first kappa shape index (κ1) is 23.5. The van der Waals surface area contributed by atoms with E-state index in [0.717, 1.165) is 10.9 Å². The van der Waals surface area contributed by atoms with Gasteiger partial charge in [-0.3, -0.25) is 4.79 Å². The molecule has 38 heavy (non-hydrogen) atoms. The molecular formula is C28H24N6O4. The van der Waals surface area contributed by atoms with Crippen molar-refractivity contribution in [3.05, 3.63) is 72.6 Å². The minimum Gasteiger partial charge on any atom is -0.480 e. The van der Waals surface area contributed by atoms with Gasteiger partial charge >= 0.3 is 5.97 Å². The van der Waals surface area contributed by atoms with Gasteiger partial charge in [-0.15, -0.1) is 10.2 Å². The van der Waals surface area contributed by atoms with Gasteiger partial charge in [0.25, 0.3) is 0 Å². The molecule has 190 valence electrons. The van der Waals surface area contributed by atoms with Crippen molar-refractivity contribution in [2.24, 2.45) is 5.92 Å². The molecule has 3 aromatic heterocycles. The van der Waals surface area contributed by atoms with Crippen LogP contribution in [-0.2, 0) is 9.59 Å². The Bertz CT molecular complexity index is 1650. The average molecular weight is 509 g/mol. The van der Waals surface area contributed by atoms with Crippen molar-refractivity contribution < 1.29 is 19.1 Å². The van der Waals surface area contributed by atoms with Gasteiger partial charge in [0.2, 0.25) is 5.91 Å². The number of hydrogen-bond acceptors (Lipinski definition) is 8. The molecule has 0 unspecified atom stereocenters. The highest BCUT2D eigenvalue weighted by Gasteiger charge is 2.40. The summed E-state index contributed by atoms with van der Waals surface area (Å²) in [5.74, 6) is -0.147. The Morgan fingerprint density at radius 2 is 1.82 bits per heavy atom. The number of carbonyl (C=O) groups excluding carboxylic acids is 1. The summed E-state index contributed by atoms with van der Waals surface area (Å²) >= 11 is 0. The normalized spacial score (nSPS) is 17.2. The maximum atomic E-state index is 12.8. The number of aryl methyl sites for hydroxylation is 1. The lowest BCUT2D eigenvalue weighted by Gasteiger charge is -2.22. The van der Waals surface area contributed by atoms with Gasteiger partial charge in [0.1, 0.15) is 23.0 Å². The number of amides is 1. The highest BCUT2D eigenvalue weighted by Crippen LogP contribution is 2.37. The minimum atomic E-state index is -0.976. The third kappa shape index (κ3) is 4.40. The molecule has 4 heterocycles. The van der Waals surface area contributed by atoms with E-state index in [9.17, 15) is 14.7 Å². The third-order valence-electron chi connectivity index (χ3n) is 6.73. The summed E-state index contributed by atoms with van der Waals surface area (Å²) in [4.78, 5) is 35.9. The lowest BCUT2D eigenvalue weighted by Crippen LogP contribution is -2.36. The van der Waals surface area contributed by atoms with E-state index in [4.69, 9.17) is 4.42 Å². The highest BCUT2D eigenvalue weighted by molar-refractivity contribution is 6.06. The van der Waals surface area contributed by atoms with E-state index >= 15 is 0 Å². The number of anilines is 2. The summed E-state index contributed by atoms with van der Waals surface area (Å²) in [6, 6.07) is 19.8. The zero-order chi connectivity index (χ0) is 26.2. The number of hydrogen-bond donors (Lipinski definition) is 2. The summed E-state index contributed by atoms with van der Waals surface area (Å²) in [7, 11) is 0. The van der Waals surface area contributed by atoms with Crippen LogP contribution in [0.15, 0.2) is 71.1 Å². The highest BCUT2D eigenvalue weighted by atomic mass is 16.4. The Kier molecular flexibility index (Phi) is 5.91. The second-order valence-electron chi connectivity index (χ2n) is 9.40. The summed E-state index contributed by atoms with van der Waals surface area (Å²) in [6.45, 7) is 2.11. The maximum Gasteiger partial charge on any atom is 0.326 e. The van der Waals surface area contributed by atoms with E-state index in [0.29, 0.717) is 52.8 Å². The second kappa shape index (κ2) is 9.55. The van der Waals surface area contributed by atoms with Crippen molar-refractivity contribution in [2.75, 3.05) is 16.8 Å². The van der Waals surface area contributed by atoms with Gasteiger partial charge in [-0.25, -0.2) is 14.8 Å². The molecule has 10 heteroatoms. The fraction of sp³-hybridized carbons (Fsp3) is 0.214. The molecule has 1 fully saturated rings. The number of nitrogens with zero attached hydrogens (tertiary/aromatic N) is 5. The number of carboxylic acid groups (broad SMARTS) is 1. The molecule has 6 rings (SSSR count). The molecule has 0 bridgehead atoms. The molecular weight excluding hydrogens is 484 g/mol. The van der Waals surface area contributed by atoms with Gasteiger partial charge < -0.3 is 19.7 Å². The maximum absolute atomic E-state index is 12.8. The van der Waals surface area contributed by atoms with Gasteiger partial charge in [0.05, 0.1) is 5.69 Å². The number of nitrogens with one attached hydrogen (secondary N) is 1. The number of aromatic nitrogens is 4. The quantitative estimate of drug-likeness (QED) is 0.341. The standard InChI is InChI=1S/C28H24N6O4/c1-16-29-25-19-9-5-6-10-22(19)38-26(25)27(30-16)34-15-17(13-21(34)28(36)37)14-24(35)31-23-12-11-20(32-33-23)18-7-3-2-4-8-18/h2-12,17,21H,13-15H2,1H3,(H,36,37)(H,31,33,35)/t17-,21+/m1/s1. The predicted molar refractivity (Wildman–Crippen MR) is 142 cm³/mol. The molecule has 0 radical (unpaired) electrons. The van der Waals surface area contributed by atoms with Crippen molar-refractivity contribution in [3.63, 3.8) is 0 Å². The molecule has 2 N–H and O–H groups in total. The van der Waals surface area contributed by atoms with Crippen LogP contribution in [0, 0.1) is 12.8 Å². The van der Waals surface area contributed by atoms with Gasteiger partial charge in [0, 0.05) is 23.9 Å². The fourth-order valence-corrected chi connectivity index (χ4v) is 5.04. The smallest absolute Gasteiger partial charge is 0.326 e. The van der Waals surface area contributed by atoms with Crippen LogP contribution in [0.3, 0.4) is 0 Å². The number of carboxylic acids is 1. The summed E-state index contributed by atoms with van der Waals surface area (Å²) < 4.78 is 6.06. The van der Waals surface area contributed by atoms with Crippen LogP contribution in [0.1, 0.15) is 18.7 Å². The van der Waals surface area contributed by atoms with E-state index in [-0.39, 0.29) is 18.2 Å². The van der Waals surface area contributed by atoms with Crippen LogP contribution >= 0.6 is 0 Å². The molecule has 1 amide bonds. The monoisotopic (exact) mass is 508 g/mol. The fourth-order valence-electron chi connectivity index (χ4n) is 5.04. The van der Waals surface area contributed by atoms with Crippen LogP contribution < -0.4 is 10.2 Å². The number of benzene rings is 2. The van der Waals surface area contributed by atoms with Gasteiger partial charge in [-0.2, -0.15) is 0 Å². The number of furan rings is 1. The predicted octanol–water partition coefficient (Wildman–Crippen LogP) is 4.45.